The minimum Gasteiger partial charge on any atom is -0.496 e. The van der Waals surface area contributed by atoms with E-state index in [9.17, 15) is 9.18 Å². The second-order valence-electron chi connectivity index (χ2n) is 7.99. The Morgan fingerprint density at radius 2 is 2.06 bits per heavy atom. The third-order valence-corrected chi connectivity index (χ3v) is 5.95. The van der Waals surface area contributed by atoms with Gasteiger partial charge in [0.2, 0.25) is 5.91 Å². The maximum absolute atomic E-state index is 14.4. The van der Waals surface area contributed by atoms with Gasteiger partial charge in [0, 0.05) is 36.5 Å². The number of carbonyl (C=O) groups is 1. The molecule has 1 fully saturated rings. The molecule has 1 saturated heterocycles. The van der Waals surface area contributed by atoms with Gasteiger partial charge >= 0.3 is 0 Å². The molecule has 1 aliphatic heterocycles. The molecular weight excluding hydrogens is 482 g/mol. The Morgan fingerprint density at radius 3 is 2.79 bits per heavy atom. The first-order valence-corrected chi connectivity index (χ1v) is 11.1. The largest absolute Gasteiger partial charge is 0.496 e. The highest BCUT2D eigenvalue weighted by atomic mass is 35.5. The molecule has 34 heavy (non-hydrogen) atoms. The van der Waals surface area contributed by atoms with Crippen LogP contribution in [-0.2, 0) is 11.3 Å². The number of nitrogens with zero attached hydrogens (tertiary/aromatic N) is 3. The molecular formula is C23H27Cl2FN6O2. The number of benzene rings is 2. The van der Waals surface area contributed by atoms with Crippen molar-refractivity contribution >= 4 is 52.3 Å². The predicted molar refractivity (Wildman–Crippen MR) is 133 cm³/mol. The third-order valence-electron chi connectivity index (χ3n) is 5.66. The lowest BCUT2D eigenvalue weighted by Gasteiger charge is -2.26. The molecule has 11 heteroatoms. The number of aromatic nitrogens is 2. The number of halogens is 3. The van der Waals surface area contributed by atoms with E-state index in [1.807, 2.05) is 13.1 Å². The number of nitrogens with one attached hydrogen (secondary N) is 3. The lowest BCUT2D eigenvalue weighted by Crippen LogP contribution is -2.45. The fraction of sp³-hybridized carbons (Fsp3) is 0.348. The van der Waals surface area contributed by atoms with Crippen LogP contribution in [0.1, 0.15) is 18.4 Å². The summed E-state index contributed by atoms with van der Waals surface area (Å²) in [6.45, 7) is 2.10. The molecule has 0 unspecified atom stereocenters. The zero-order valence-corrected chi connectivity index (χ0v) is 20.5. The Morgan fingerprint density at radius 1 is 1.29 bits per heavy atom. The highest BCUT2D eigenvalue weighted by Crippen LogP contribution is 2.32. The van der Waals surface area contributed by atoms with Crippen molar-refractivity contribution in [2.45, 2.75) is 19.4 Å². The van der Waals surface area contributed by atoms with Gasteiger partial charge in [0.15, 0.2) is 5.82 Å². The standard InChI is InChI=1S/C23H26ClFN6O2.ClH/c1-31(30-23(32)14-6-8-26-9-7-14)12-15-10-16-19(11-20(15)33-2)27-13-28-22(16)29-18-5-3-4-17(24)21(18)25;/h3-5,10-11,13-14,26H,6-9,12H2,1-2H3,(H,30,32)(H,27,28,29);1H. The minimum absolute atomic E-state index is 0. The molecule has 0 radical (unpaired) electrons. The van der Waals surface area contributed by atoms with E-state index in [0.29, 0.717) is 29.0 Å². The van der Waals surface area contributed by atoms with Crippen molar-refractivity contribution in [3.63, 3.8) is 0 Å². The molecule has 4 rings (SSSR count). The van der Waals surface area contributed by atoms with Gasteiger partial charge in [0.05, 0.1) is 23.3 Å². The number of methoxy groups -OCH3 is 1. The highest BCUT2D eigenvalue weighted by Gasteiger charge is 2.22. The van der Waals surface area contributed by atoms with E-state index in [0.717, 1.165) is 31.5 Å². The van der Waals surface area contributed by atoms with Gasteiger partial charge in [-0.3, -0.25) is 10.2 Å². The fourth-order valence-corrected chi connectivity index (χ4v) is 4.10. The first-order chi connectivity index (χ1) is 16.0. The van der Waals surface area contributed by atoms with Gasteiger partial charge in [-0.05, 0) is 44.1 Å². The summed E-state index contributed by atoms with van der Waals surface area (Å²) in [4.78, 5) is 21.2. The molecule has 0 atom stereocenters. The number of fused-ring (bicyclic) bond motifs is 1. The van der Waals surface area contributed by atoms with E-state index in [-0.39, 0.29) is 34.9 Å². The zero-order chi connectivity index (χ0) is 23.4. The maximum Gasteiger partial charge on any atom is 0.237 e. The predicted octanol–water partition coefficient (Wildman–Crippen LogP) is 4.06. The first kappa shape index (κ1) is 25.9. The molecule has 2 aromatic carbocycles. The van der Waals surface area contributed by atoms with Crippen molar-refractivity contribution in [1.29, 1.82) is 0 Å². The highest BCUT2D eigenvalue weighted by molar-refractivity contribution is 6.31. The number of piperidine rings is 1. The van der Waals surface area contributed by atoms with Crippen LogP contribution in [0.2, 0.25) is 5.02 Å². The number of carbonyl (C=O) groups excluding carboxylic acids is 1. The number of amides is 1. The first-order valence-electron chi connectivity index (χ1n) is 10.7. The molecule has 3 N–H and O–H groups in total. The smallest absolute Gasteiger partial charge is 0.237 e. The summed E-state index contributed by atoms with van der Waals surface area (Å²) in [7, 11) is 3.39. The van der Waals surface area contributed by atoms with Crippen LogP contribution >= 0.6 is 24.0 Å². The second-order valence-corrected chi connectivity index (χ2v) is 8.39. The van der Waals surface area contributed by atoms with Crippen LogP contribution in [-0.4, -0.2) is 48.1 Å². The fourth-order valence-electron chi connectivity index (χ4n) is 3.93. The van der Waals surface area contributed by atoms with Gasteiger partial charge < -0.3 is 15.4 Å². The van der Waals surface area contributed by atoms with Crippen molar-refractivity contribution in [3.05, 3.63) is 53.1 Å². The summed E-state index contributed by atoms with van der Waals surface area (Å²) in [5.74, 6) is 0.528. The normalized spacial score (nSPS) is 14.0. The van der Waals surface area contributed by atoms with E-state index < -0.39 is 5.82 Å². The van der Waals surface area contributed by atoms with Gasteiger partial charge in [-0.2, -0.15) is 0 Å². The summed E-state index contributed by atoms with van der Waals surface area (Å²) in [5.41, 5.74) is 4.64. The number of ether oxygens (including phenoxy) is 1. The third kappa shape index (κ3) is 5.85. The molecule has 0 bridgehead atoms. The Balaban J connectivity index is 0.00000324. The molecule has 1 amide bonds. The monoisotopic (exact) mass is 508 g/mol. The Labute approximate surface area is 208 Å². The molecule has 0 saturated carbocycles. The molecule has 2 heterocycles. The van der Waals surface area contributed by atoms with Gasteiger partial charge in [0.1, 0.15) is 17.9 Å². The number of hydrogen-bond donors (Lipinski definition) is 3. The zero-order valence-electron chi connectivity index (χ0n) is 18.9. The lowest BCUT2D eigenvalue weighted by atomic mass is 9.98. The number of hydrogen-bond acceptors (Lipinski definition) is 7. The molecule has 3 aromatic rings. The van der Waals surface area contributed by atoms with Gasteiger partial charge in [-0.1, -0.05) is 17.7 Å². The lowest BCUT2D eigenvalue weighted by molar-refractivity contribution is -0.130. The van der Waals surface area contributed by atoms with Crippen LogP contribution in [0.25, 0.3) is 10.9 Å². The summed E-state index contributed by atoms with van der Waals surface area (Å²) in [5, 5.41) is 8.72. The summed E-state index contributed by atoms with van der Waals surface area (Å²) in [6, 6.07) is 8.41. The molecule has 1 aliphatic rings. The van der Waals surface area contributed by atoms with Crippen molar-refractivity contribution < 1.29 is 13.9 Å². The van der Waals surface area contributed by atoms with E-state index in [4.69, 9.17) is 16.3 Å². The average Bonchev–Trinajstić information content (AvgIpc) is 2.82. The van der Waals surface area contributed by atoms with Crippen LogP contribution < -0.4 is 20.8 Å². The van der Waals surface area contributed by atoms with Crippen molar-refractivity contribution in [2.24, 2.45) is 5.92 Å². The van der Waals surface area contributed by atoms with Gasteiger partial charge in [0.25, 0.3) is 0 Å². The van der Waals surface area contributed by atoms with Gasteiger partial charge in [-0.25, -0.2) is 19.4 Å². The molecule has 182 valence electrons. The van der Waals surface area contributed by atoms with Crippen LogP contribution in [0.5, 0.6) is 5.75 Å². The SMILES string of the molecule is COc1cc2ncnc(Nc3cccc(Cl)c3F)c2cc1CN(C)NC(=O)C1CCNCC1.Cl. The molecule has 8 nitrogen and oxygen atoms in total. The number of hydrazine groups is 1. The van der Waals surface area contributed by atoms with Crippen molar-refractivity contribution in [1.82, 2.24) is 25.7 Å². The molecule has 0 aliphatic carbocycles. The number of rotatable bonds is 7. The van der Waals surface area contributed by atoms with E-state index in [1.54, 1.807) is 30.3 Å². The topological polar surface area (TPSA) is 91.4 Å². The quantitative estimate of drug-likeness (QED) is 0.414. The van der Waals surface area contributed by atoms with Crippen molar-refractivity contribution in [3.8, 4) is 5.75 Å². The van der Waals surface area contributed by atoms with E-state index in [1.165, 1.54) is 12.4 Å². The van der Waals surface area contributed by atoms with E-state index in [2.05, 4.69) is 26.0 Å². The Hall–Kier alpha value is -2.72. The average molecular weight is 509 g/mol. The molecule has 0 spiro atoms. The maximum atomic E-state index is 14.4. The van der Waals surface area contributed by atoms with E-state index >= 15 is 0 Å². The summed E-state index contributed by atoms with van der Waals surface area (Å²) in [6.07, 6.45) is 3.05. The minimum atomic E-state index is -0.556. The molecule has 1 aromatic heterocycles. The Bertz CT molecular complexity index is 1160. The van der Waals surface area contributed by atoms with Crippen LogP contribution in [0, 0.1) is 11.7 Å². The second kappa shape index (κ2) is 11.6. The van der Waals surface area contributed by atoms with Gasteiger partial charge in [-0.15, -0.1) is 12.4 Å². The van der Waals surface area contributed by atoms with Crippen molar-refractivity contribution in [2.75, 3.05) is 32.6 Å². The van der Waals surface area contributed by atoms with Crippen LogP contribution in [0.15, 0.2) is 36.7 Å². The summed E-state index contributed by atoms with van der Waals surface area (Å²) >= 11 is 5.91. The number of anilines is 2. The van der Waals surface area contributed by atoms with Crippen LogP contribution in [0.3, 0.4) is 0 Å². The van der Waals surface area contributed by atoms with Crippen LogP contribution in [0.4, 0.5) is 15.9 Å². The Kier molecular flexibility index (Phi) is 8.84. The summed E-state index contributed by atoms with van der Waals surface area (Å²) < 4.78 is 20.0.